The number of amides is 1. The molecule has 1 heterocycles. The Bertz CT molecular complexity index is 485. The van der Waals surface area contributed by atoms with Gasteiger partial charge in [0.15, 0.2) is 0 Å². The summed E-state index contributed by atoms with van der Waals surface area (Å²) >= 11 is 0. The Kier molecular flexibility index (Phi) is 3.49. The number of nitrogens with zero attached hydrogens (tertiary/aromatic N) is 2. The molecule has 5 heteroatoms. The van der Waals surface area contributed by atoms with Gasteiger partial charge in [-0.2, -0.15) is 0 Å². The molecule has 1 amide bonds. The van der Waals surface area contributed by atoms with Crippen LogP contribution in [0.4, 0.5) is 5.82 Å². The van der Waals surface area contributed by atoms with Crippen LogP contribution in [0.5, 0.6) is 0 Å². The Hall–Kier alpha value is -1.62. The van der Waals surface area contributed by atoms with E-state index in [1.165, 1.54) is 0 Å². The van der Waals surface area contributed by atoms with E-state index in [9.17, 15) is 9.90 Å². The molecule has 0 aliphatic heterocycles. The van der Waals surface area contributed by atoms with Crippen LogP contribution in [0.2, 0.25) is 0 Å². The van der Waals surface area contributed by atoms with Gasteiger partial charge in [0.1, 0.15) is 5.82 Å². The molecule has 0 saturated heterocycles. The van der Waals surface area contributed by atoms with Crippen LogP contribution in [0.15, 0.2) is 18.3 Å². The molecule has 0 aromatic carbocycles. The average Bonchev–Trinajstić information content (AvgIpc) is 2.38. The van der Waals surface area contributed by atoms with Crippen LogP contribution in [-0.4, -0.2) is 42.2 Å². The lowest BCUT2D eigenvalue weighted by atomic mass is 9.64. The lowest BCUT2D eigenvalue weighted by molar-refractivity contribution is -0.0689. The van der Waals surface area contributed by atoms with Crippen molar-refractivity contribution in [2.75, 3.05) is 19.0 Å². The number of hydrogen-bond acceptors (Lipinski definition) is 4. The predicted octanol–water partition coefficient (Wildman–Crippen LogP) is 1.04. The zero-order chi connectivity index (χ0) is 14.2. The molecular formula is C14H21N3O2. The largest absolute Gasteiger partial charge is 0.392 e. The fourth-order valence-corrected chi connectivity index (χ4v) is 2.19. The molecule has 2 rings (SSSR count). The van der Waals surface area contributed by atoms with Gasteiger partial charge in [0.2, 0.25) is 0 Å². The van der Waals surface area contributed by atoms with Crippen LogP contribution in [0.3, 0.4) is 0 Å². The number of rotatable bonds is 3. The fraction of sp³-hybridized carbons (Fsp3) is 0.571. The summed E-state index contributed by atoms with van der Waals surface area (Å²) in [5.41, 5.74) is 0.337. The van der Waals surface area contributed by atoms with Crippen molar-refractivity contribution in [1.82, 2.24) is 10.3 Å². The molecule has 2 N–H and O–H groups in total. The van der Waals surface area contributed by atoms with Crippen molar-refractivity contribution in [3.63, 3.8) is 0 Å². The zero-order valence-corrected chi connectivity index (χ0v) is 11.8. The zero-order valence-electron chi connectivity index (χ0n) is 11.8. The van der Waals surface area contributed by atoms with E-state index in [0.29, 0.717) is 12.0 Å². The smallest absolute Gasteiger partial charge is 0.251 e. The molecular weight excluding hydrogens is 242 g/mol. The summed E-state index contributed by atoms with van der Waals surface area (Å²) in [6.07, 6.45) is 1.91. The summed E-state index contributed by atoms with van der Waals surface area (Å²) in [4.78, 5) is 18.2. The Morgan fingerprint density at radius 3 is 2.74 bits per heavy atom. The number of aliphatic hydroxyl groups is 1. The number of anilines is 1. The monoisotopic (exact) mass is 263 g/mol. The maximum absolute atomic E-state index is 12.2. The van der Waals surface area contributed by atoms with Crippen LogP contribution >= 0.6 is 0 Å². The summed E-state index contributed by atoms with van der Waals surface area (Å²) in [6, 6.07) is 3.48. The Labute approximate surface area is 113 Å². The van der Waals surface area contributed by atoms with Gasteiger partial charge < -0.3 is 15.3 Å². The van der Waals surface area contributed by atoms with Crippen LogP contribution in [0.25, 0.3) is 0 Å². The van der Waals surface area contributed by atoms with E-state index >= 15 is 0 Å². The summed E-state index contributed by atoms with van der Waals surface area (Å²) in [5.74, 6) is 0.635. The maximum atomic E-state index is 12.2. The Morgan fingerprint density at radius 2 is 2.21 bits per heavy atom. The number of carbonyl (C=O) groups excluding carboxylic acids is 1. The fourth-order valence-electron chi connectivity index (χ4n) is 2.19. The van der Waals surface area contributed by atoms with Crippen LogP contribution in [0.1, 0.15) is 30.6 Å². The third kappa shape index (κ3) is 2.56. The Morgan fingerprint density at radius 1 is 1.53 bits per heavy atom. The first-order valence-corrected chi connectivity index (χ1v) is 6.44. The highest BCUT2D eigenvalue weighted by atomic mass is 16.3. The molecule has 1 aliphatic rings. The van der Waals surface area contributed by atoms with Gasteiger partial charge in [-0.05, 0) is 18.6 Å². The number of aromatic nitrogens is 1. The summed E-state index contributed by atoms with van der Waals surface area (Å²) in [5, 5.41) is 12.7. The molecule has 1 aliphatic carbocycles. The highest BCUT2D eigenvalue weighted by Gasteiger charge is 2.47. The van der Waals surface area contributed by atoms with E-state index < -0.39 is 0 Å². The topological polar surface area (TPSA) is 65.5 Å². The first-order chi connectivity index (χ1) is 8.82. The average molecular weight is 263 g/mol. The quantitative estimate of drug-likeness (QED) is 0.855. The van der Waals surface area contributed by atoms with Crippen LogP contribution < -0.4 is 10.2 Å². The van der Waals surface area contributed by atoms with E-state index in [1.807, 2.05) is 32.8 Å². The lowest BCUT2D eigenvalue weighted by Gasteiger charge is -2.49. The first-order valence-electron chi connectivity index (χ1n) is 6.44. The van der Waals surface area contributed by atoms with E-state index in [4.69, 9.17) is 0 Å². The summed E-state index contributed by atoms with van der Waals surface area (Å²) in [7, 11) is 3.77. The first kappa shape index (κ1) is 13.8. The number of nitrogens with one attached hydrogen (secondary N) is 1. The van der Waals surface area contributed by atoms with E-state index in [1.54, 1.807) is 18.3 Å². The van der Waals surface area contributed by atoms with E-state index in [-0.39, 0.29) is 23.5 Å². The van der Waals surface area contributed by atoms with Crippen molar-refractivity contribution in [2.24, 2.45) is 5.41 Å². The number of pyridine rings is 1. The summed E-state index contributed by atoms with van der Waals surface area (Å²) in [6.45, 7) is 3.92. The van der Waals surface area contributed by atoms with Gasteiger partial charge in [-0.1, -0.05) is 13.8 Å². The molecule has 0 radical (unpaired) electrons. The van der Waals surface area contributed by atoms with E-state index in [0.717, 1.165) is 5.82 Å². The number of carbonyl (C=O) groups is 1. The highest BCUT2D eigenvalue weighted by Crippen LogP contribution is 2.40. The molecule has 1 fully saturated rings. The van der Waals surface area contributed by atoms with Crippen molar-refractivity contribution in [1.29, 1.82) is 0 Å². The normalized spacial score (nSPS) is 24.5. The minimum absolute atomic E-state index is 0.0194. The molecule has 0 bridgehead atoms. The predicted molar refractivity (Wildman–Crippen MR) is 74.2 cm³/mol. The minimum atomic E-state index is -0.340. The van der Waals surface area contributed by atoms with Gasteiger partial charge in [0.05, 0.1) is 6.10 Å². The molecule has 19 heavy (non-hydrogen) atoms. The summed E-state index contributed by atoms with van der Waals surface area (Å²) < 4.78 is 0. The standard InChI is InChI=1S/C14H21N3O2/c1-14(2)10(8-11(14)18)16-13(19)9-5-6-15-12(7-9)17(3)4/h5-7,10-11,18H,8H2,1-4H3,(H,16,19). The second-order valence-electron chi connectivity index (χ2n) is 5.90. The highest BCUT2D eigenvalue weighted by molar-refractivity contribution is 5.95. The SMILES string of the molecule is CN(C)c1cc(C(=O)NC2CC(O)C2(C)C)ccn1. The van der Waals surface area contributed by atoms with Gasteiger partial charge >= 0.3 is 0 Å². The van der Waals surface area contributed by atoms with Crippen molar-refractivity contribution >= 4 is 11.7 Å². The van der Waals surface area contributed by atoms with E-state index in [2.05, 4.69) is 10.3 Å². The minimum Gasteiger partial charge on any atom is -0.392 e. The molecule has 104 valence electrons. The van der Waals surface area contributed by atoms with Gasteiger partial charge in [0.25, 0.3) is 5.91 Å². The molecule has 1 aromatic rings. The molecule has 0 spiro atoms. The second-order valence-corrected chi connectivity index (χ2v) is 5.90. The van der Waals surface area contributed by atoms with Crippen LogP contribution in [-0.2, 0) is 0 Å². The molecule has 2 atom stereocenters. The maximum Gasteiger partial charge on any atom is 0.251 e. The van der Waals surface area contributed by atoms with Gasteiger partial charge in [-0.15, -0.1) is 0 Å². The Balaban J connectivity index is 2.07. The number of aliphatic hydroxyl groups excluding tert-OH is 1. The third-order valence-corrected chi connectivity index (χ3v) is 3.99. The molecule has 5 nitrogen and oxygen atoms in total. The van der Waals surface area contributed by atoms with Crippen molar-refractivity contribution in [3.05, 3.63) is 23.9 Å². The lowest BCUT2D eigenvalue weighted by Crippen LogP contribution is -2.61. The molecule has 1 aromatic heterocycles. The molecule has 1 saturated carbocycles. The van der Waals surface area contributed by atoms with Crippen molar-refractivity contribution in [3.8, 4) is 0 Å². The second kappa shape index (κ2) is 4.81. The molecule has 2 unspecified atom stereocenters. The third-order valence-electron chi connectivity index (χ3n) is 3.99. The van der Waals surface area contributed by atoms with Crippen molar-refractivity contribution in [2.45, 2.75) is 32.4 Å². The van der Waals surface area contributed by atoms with Crippen molar-refractivity contribution < 1.29 is 9.90 Å². The van der Waals surface area contributed by atoms with Crippen LogP contribution in [0, 0.1) is 5.41 Å². The number of hydrogen-bond donors (Lipinski definition) is 2. The van der Waals surface area contributed by atoms with Gasteiger partial charge in [-0.3, -0.25) is 4.79 Å². The van der Waals surface area contributed by atoms with Gasteiger partial charge in [0, 0.05) is 37.3 Å². The van der Waals surface area contributed by atoms with Gasteiger partial charge in [-0.25, -0.2) is 4.98 Å².